The first-order valence-electron chi connectivity index (χ1n) is 9.23. The molecule has 0 saturated heterocycles. The molecule has 5 nitrogen and oxygen atoms in total. The van der Waals surface area contributed by atoms with E-state index in [0.717, 1.165) is 18.2 Å². The summed E-state index contributed by atoms with van der Waals surface area (Å²) in [5, 5.41) is 4.98. The van der Waals surface area contributed by atoms with E-state index in [1.807, 2.05) is 0 Å². The van der Waals surface area contributed by atoms with Crippen LogP contribution in [0.4, 0.5) is 17.6 Å². The van der Waals surface area contributed by atoms with Gasteiger partial charge >= 0.3 is 6.18 Å². The van der Waals surface area contributed by atoms with Gasteiger partial charge in [-0.25, -0.2) is 4.39 Å². The van der Waals surface area contributed by atoms with Crippen molar-refractivity contribution in [2.24, 2.45) is 0 Å². The van der Waals surface area contributed by atoms with E-state index in [1.54, 1.807) is 0 Å². The van der Waals surface area contributed by atoms with Gasteiger partial charge in [-0.3, -0.25) is 9.59 Å². The third-order valence-electron chi connectivity index (χ3n) is 3.97. The second kappa shape index (κ2) is 11.3. The molecule has 0 bridgehead atoms. The summed E-state index contributed by atoms with van der Waals surface area (Å²) >= 11 is 5.56. The van der Waals surface area contributed by atoms with E-state index < -0.39 is 29.4 Å². The highest BCUT2D eigenvalue weighted by Crippen LogP contribution is 2.29. The van der Waals surface area contributed by atoms with E-state index in [2.05, 4.69) is 17.2 Å². The lowest BCUT2D eigenvalue weighted by atomic mass is 10.1. The average molecular weight is 471 g/mol. The number of amides is 2. The summed E-state index contributed by atoms with van der Waals surface area (Å²) in [4.78, 5) is 23.6. The zero-order chi connectivity index (χ0) is 23.7. The number of hydrogen-bond donors (Lipinski definition) is 2. The summed E-state index contributed by atoms with van der Waals surface area (Å²) in [7, 11) is 0. The Bertz CT molecular complexity index is 1010. The van der Waals surface area contributed by atoms with E-state index >= 15 is 0 Å². The van der Waals surface area contributed by atoms with Crippen LogP contribution >= 0.6 is 11.6 Å². The standard InChI is InChI=1S/C22H19ClF4N2O3/c1-14(29-21(31)13-32-17-7-8-18(23)19(24)12-17)10-11-28-20(30)9-4-15-2-5-16(6-3-15)22(25,26)27/h2-9,12H,1,10-11,13H2,(H,28,30)(H,29,31)/b9-4+. The molecule has 0 aliphatic rings. The molecular formula is C22H19ClF4N2O3. The van der Waals surface area contributed by atoms with Crippen molar-refractivity contribution in [2.75, 3.05) is 13.2 Å². The highest BCUT2D eigenvalue weighted by Gasteiger charge is 2.29. The highest BCUT2D eigenvalue weighted by molar-refractivity contribution is 6.30. The minimum Gasteiger partial charge on any atom is -0.484 e. The summed E-state index contributed by atoms with van der Waals surface area (Å²) in [6, 6.07) is 8.14. The van der Waals surface area contributed by atoms with Gasteiger partial charge in [-0.05, 0) is 35.9 Å². The lowest BCUT2D eigenvalue weighted by molar-refractivity contribution is -0.137. The van der Waals surface area contributed by atoms with Crippen molar-refractivity contribution in [3.63, 3.8) is 0 Å². The van der Waals surface area contributed by atoms with Gasteiger partial charge in [0, 0.05) is 30.8 Å². The molecule has 10 heteroatoms. The van der Waals surface area contributed by atoms with Crippen LogP contribution in [-0.4, -0.2) is 25.0 Å². The third-order valence-corrected chi connectivity index (χ3v) is 4.27. The molecule has 0 heterocycles. The molecule has 0 fully saturated rings. The minimum absolute atomic E-state index is 0.0635. The molecule has 2 rings (SSSR count). The van der Waals surface area contributed by atoms with Gasteiger partial charge in [0.15, 0.2) is 6.61 Å². The van der Waals surface area contributed by atoms with Crippen LogP contribution in [0.1, 0.15) is 17.5 Å². The summed E-state index contributed by atoms with van der Waals surface area (Å²) in [5.41, 5.74) is -0.0105. The van der Waals surface area contributed by atoms with E-state index in [9.17, 15) is 27.2 Å². The molecule has 0 atom stereocenters. The minimum atomic E-state index is -4.42. The topological polar surface area (TPSA) is 67.4 Å². The normalized spacial score (nSPS) is 11.3. The van der Waals surface area contributed by atoms with Crippen LogP contribution < -0.4 is 15.4 Å². The number of carbonyl (C=O) groups is 2. The van der Waals surface area contributed by atoms with Crippen molar-refractivity contribution < 1.29 is 31.9 Å². The van der Waals surface area contributed by atoms with Gasteiger partial charge in [-0.1, -0.05) is 30.3 Å². The Morgan fingerprint density at radius 1 is 1.12 bits per heavy atom. The van der Waals surface area contributed by atoms with Gasteiger partial charge in [0.25, 0.3) is 5.91 Å². The number of nitrogens with one attached hydrogen (secondary N) is 2. The molecule has 0 aromatic heterocycles. The molecule has 2 aromatic rings. The van der Waals surface area contributed by atoms with Crippen molar-refractivity contribution in [3.8, 4) is 5.75 Å². The van der Waals surface area contributed by atoms with E-state index in [-0.39, 0.29) is 30.3 Å². The maximum atomic E-state index is 13.3. The molecule has 0 radical (unpaired) electrons. The molecule has 0 aliphatic heterocycles. The number of ether oxygens (including phenoxy) is 1. The van der Waals surface area contributed by atoms with Gasteiger partial charge in [-0.2, -0.15) is 13.2 Å². The molecule has 2 N–H and O–H groups in total. The Kier molecular flexibility index (Phi) is 8.83. The quantitative estimate of drug-likeness (QED) is 0.411. The second-order valence-electron chi connectivity index (χ2n) is 6.51. The van der Waals surface area contributed by atoms with E-state index in [1.165, 1.54) is 36.4 Å². The van der Waals surface area contributed by atoms with Crippen LogP contribution in [0.15, 0.2) is 60.8 Å². The van der Waals surface area contributed by atoms with E-state index in [0.29, 0.717) is 11.3 Å². The predicted octanol–water partition coefficient (Wildman–Crippen LogP) is 4.73. The molecular weight excluding hydrogens is 452 g/mol. The Balaban J connectivity index is 1.68. The van der Waals surface area contributed by atoms with Crippen LogP contribution in [0.2, 0.25) is 5.02 Å². The number of carbonyl (C=O) groups excluding carboxylic acids is 2. The molecule has 0 saturated carbocycles. The zero-order valence-electron chi connectivity index (χ0n) is 16.6. The number of alkyl halides is 3. The number of rotatable bonds is 9. The number of benzene rings is 2. The summed E-state index contributed by atoms with van der Waals surface area (Å²) in [6.07, 6.45) is -1.62. The first-order valence-corrected chi connectivity index (χ1v) is 9.61. The molecule has 170 valence electrons. The summed E-state index contributed by atoms with van der Waals surface area (Å²) in [6.45, 7) is 3.46. The molecule has 2 aromatic carbocycles. The van der Waals surface area contributed by atoms with Crippen LogP contribution in [0.5, 0.6) is 5.75 Å². The van der Waals surface area contributed by atoms with E-state index in [4.69, 9.17) is 16.3 Å². The number of halogens is 5. The fourth-order valence-corrected chi connectivity index (χ4v) is 2.48. The van der Waals surface area contributed by atoms with Crippen molar-refractivity contribution in [3.05, 3.63) is 82.8 Å². The average Bonchev–Trinajstić information content (AvgIpc) is 2.72. The SMILES string of the molecule is C=C(CCNC(=O)/C=C/c1ccc(C(F)(F)F)cc1)NC(=O)COc1ccc(Cl)c(F)c1. The maximum Gasteiger partial charge on any atom is 0.416 e. The van der Waals surface area contributed by atoms with Gasteiger partial charge < -0.3 is 15.4 Å². The van der Waals surface area contributed by atoms with Gasteiger partial charge in [0.2, 0.25) is 5.91 Å². The second-order valence-corrected chi connectivity index (χ2v) is 6.92. The van der Waals surface area contributed by atoms with Crippen molar-refractivity contribution in [1.82, 2.24) is 10.6 Å². The Hall–Kier alpha value is -3.33. The lowest BCUT2D eigenvalue weighted by Crippen LogP contribution is -2.30. The van der Waals surface area contributed by atoms with Gasteiger partial charge in [0.1, 0.15) is 11.6 Å². The first kappa shape index (κ1) is 24.9. The fraction of sp³-hybridized carbons (Fsp3) is 0.182. The molecule has 0 aliphatic carbocycles. The largest absolute Gasteiger partial charge is 0.484 e. The van der Waals surface area contributed by atoms with Crippen LogP contribution in [0, 0.1) is 5.82 Å². The Morgan fingerprint density at radius 3 is 2.44 bits per heavy atom. The Labute approximate surface area is 186 Å². The molecule has 2 amide bonds. The van der Waals surface area contributed by atoms with Gasteiger partial charge in [0.05, 0.1) is 10.6 Å². The lowest BCUT2D eigenvalue weighted by Gasteiger charge is -2.10. The molecule has 32 heavy (non-hydrogen) atoms. The van der Waals surface area contributed by atoms with Crippen LogP contribution in [-0.2, 0) is 15.8 Å². The monoisotopic (exact) mass is 470 g/mol. The Morgan fingerprint density at radius 2 is 1.81 bits per heavy atom. The third kappa shape index (κ3) is 8.43. The van der Waals surface area contributed by atoms with Gasteiger partial charge in [-0.15, -0.1) is 0 Å². The molecule has 0 unspecified atom stereocenters. The highest BCUT2D eigenvalue weighted by atomic mass is 35.5. The maximum absolute atomic E-state index is 13.3. The van der Waals surface area contributed by atoms with Crippen LogP contribution in [0.3, 0.4) is 0 Å². The number of hydrogen-bond acceptors (Lipinski definition) is 3. The van der Waals surface area contributed by atoms with Crippen LogP contribution in [0.25, 0.3) is 6.08 Å². The first-order chi connectivity index (χ1) is 15.0. The zero-order valence-corrected chi connectivity index (χ0v) is 17.4. The van der Waals surface area contributed by atoms with Crippen molar-refractivity contribution in [1.29, 1.82) is 0 Å². The predicted molar refractivity (Wildman–Crippen MR) is 112 cm³/mol. The summed E-state index contributed by atoms with van der Waals surface area (Å²) < 4.78 is 56.1. The smallest absolute Gasteiger partial charge is 0.416 e. The fourth-order valence-electron chi connectivity index (χ4n) is 2.36. The van der Waals surface area contributed by atoms with Crippen molar-refractivity contribution in [2.45, 2.75) is 12.6 Å². The van der Waals surface area contributed by atoms with Crippen molar-refractivity contribution >= 4 is 29.5 Å². The molecule has 0 spiro atoms. The summed E-state index contributed by atoms with van der Waals surface area (Å²) in [5.74, 6) is -1.51.